The van der Waals surface area contributed by atoms with Crippen molar-refractivity contribution in [1.29, 1.82) is 0 Å². The molecule has 2 aromatic heterocycles. The van der Waals surface area contributed by atoms with Gasteiger partial charge < -0.3 is 39.3 Å². The van der Waals surface area contributed by atoms with E-state index < -0.39 is 11.7 Å². The Kier molecular flexibility index (Phi) is 7.73. The molecular weight excluding hydrogens is 474 g/mol. The van der Waals surface area contributed by atoms with Crippen molar-refractivity contribution in [3.8, 4) is 11.6 Å². The minimum atomic E-state index is -0.703. The number of nitrogens with zero attached hydrogens (tertiary/aromatic N) is 1. The fraction of sp³-hybridized carbons (Fsp3) is 0.536. The van der Waals surface area contributed by atoms with Crippen molar-refractivity contribution in [2.24, 2.45) is 5.92 Å². The predicted octanol–water partition coefficient (Wildman–Crippen LogP) is 4.19. The number of likely N-dealkylation sites (tertiary alicyclic amines) is 1. The number of aliphatic hydroxyl groups is 2. The number of aromatic amines is 1. The van der Waals surface area contributed by atoms with Crippen molar-refractivity contribution in [2.75, 3.05) is 19.6 Å². The van der Waals surface area contributed by atoms with E-state index in [0.717, 1.165) is 42.5 Å². The summed E-state index contributed by atoms with van der Waals surface area (Å²) in [5, 5.41) is 24.8. The topological polar surface area (TPSA) is 120 Å². The first-order chi connectivity index (χ1) is 17.9. The zero-order valence-electron chi connectivity index (χ0n) is 21.3. The summed E-state index contributed by atoms with van der Waals surface area (Å²) in [5.41, 5.74) is 1.04. The van der Waals surface area contributed by atoms with Crippen LogP contribution in [0.4, 0.5) is 4.79 Å². The zero-order valence-corrected chi connectivity index (χ0v) is 21.3. The second-order valence-electron chi connectivity index (χ2n) is 10.7. The van der Waals surface area contributed by atoms with E-state index in [0.29, 0.717) is 50.3 Å². The smallest absolute Gasteiger partial charge is 0.414 e. The minimum absolute atomic E-state index is 0.0313. The van der Waals surface area contributed by atoms with Crippen LogP contribution in [-0.2, 0) is 6.61 Å². The van der Waals surface area contributed by atoms with E-state index in [2.05, 4.69) is 22.1 Å². The highest BCUT2D eigenvalue weighted by Crippen LogP contribution is 2.33. The molecule has 1 saturated carbocycles. The third kappa shape index (κ3) is 6.47. The van der Waals surface area contributed by atoms with Gasteiger partial charge >= 0.3 is 6.09 Å². The largest absolute Gasteiger partial charge is 0.488 e. The Morgan fingerprint density at radius 2 is 2.11 bits per heavy atom. The van der Waals surface area contributed by atoms with Gasteiger partial charge in [0.2, 0.25) is 5.88 Å². The van der Waals surface area contributed by atoms with Gasteiger partial charge in [-0.2, -0.15) is 0 Å². The fourth-order valence-electron chi connectivity index (χ4n) is 5.45. The second kappa shape index (κ2) is 11.2. The van der Waals surface area contributed by atoms with Gasteiger partial charge in [-0.05, 0) is 62.6 Å². The summed E-state index contributed by atoms with van der Waals surface area (Å²) in [7, 11) is 0. The average Bonchev–Trinajstić information content (AvgIpc) is 3.55. The van der Waals surface area contributed by atoms with Crippen LogP contribution in [0, 0.1) is 5.92 Å². The van der Waals surface area contributed by atoms with E-state index in [9.17, 15) is 15.0 Å². The van der Waals surface area contributed by atoms with Gasteiger partial charge in [0.25, 0.3) is 0 Å². The SMILES string of the molecule is C[C@H]1CN(CCC2(O)CCC(NC(=O)Oc3cc4c(OCc5ccoc5)cccc4[nH]3)CC2)CC[C@@H]1O. The number of furan rings is 1. The molecule has 0 unspecified atom stereocenters. The Balaban J connectivity index is 1.08. The number of fused-ring (bicyclic) bond motifs is 1. The van der Waals surface area contributed by atoms with Crippen LogP contribution in [0.3, 0.4) is 0 Å². The van der Waals surface area contributed by atoms with Crippen LogP contribution in [0.5, 0.6) is 11.6 Å². The molecular formula is C28H37N3O6. The zero-order chi connectivity index (χ0) is 25.8. The number of amides is 1. The van der Waals surface area contributed by atoms with Crippen molar-refractivity contribution in [2.45, 2.75) is 69.8 Å². The Bertz CT molecular complexity index is 1170. The number of ether oxygens (including phenoxy) is 2. The summed E-state index contributed by atoms with van der Waals surface area (Å²) < 4.78 is 16.5. The maximum atomic E-state index is 12.6. The molecule has 0 radical (unpaired) electrons. The van der Waals surface area contributed by atoms with Crippen LogP contribution in [-0.4, -0.2) is 63.6 Å². The molecule has 1 saturated heterocycles. The Morgan fingerprint density at radius 1 is 1.27 bits per heavy atom. The minimum Gasteiger partial charge on any atom is -0.488 e. The van der Waals surface area contributed by atoms with Gasteiger partial charge in [0.15, 0.2) is 0 Å². The number of hydrogen-bond acceptors (Lipinski definition) is 7. The molecule has 5 rings (SSSR count). The molecule has 3 aromatic rings. The number of nitrogens with one attached hydrogen (secondary N) is 2. The van der Waals surface area contributed by atoms with Crippen LogP contribution >= 0.6 is 0 Å². The summed E-state index contributed by atoms with van der Waals surface area (Å²) in [6.45, 7) is 5.04. The molecule has 0 bridgehead atoms. The van der Waals surface area contributed by atoms with Crippen LogP contribution in [0.15, 0.2) is 47.3 Å². The lowest BCUT2D eigenvalue weighted by Gasteiger charge is -2.39. The number of aromatic nitrogens is 1. The van der Waals surface area contributed by atoms with E-state index >= 15 is 0 Å². The molecule has 2 atom stereocenters. The molecule has 1 amide bonds. The van der Waals surface area contributed by atoms with Crippen LogP contribution in [0.1, 0.15) is 51.0 Å². The van der Waals surface area contributed by atoms with Crippen molar-refractivity contribution < 1.29 is 28.9 Å². The van der Waals surface area contributed by atoms with E-state index in [1.807, 2.05) is 24.3 Å². The van der Waals surface area contributed by atoms with E-state index in [1.54, 1.807) is 18.6 Å². The quantitative estimate of drug-likeness (QED) is 0.358. The van der Waals surface area contributed by atoms with Crippen molar-refractivity contribution in [3.63, 3.8) is 0 Å². The third-order valence-electron chi connectivity index (χ3n) is 7.85. The number of hydrogen-bond donors (Lipinski definition) is 4. The van der Waals surface area contributed by atoms with Crippen LogP contribution in [0.2, 0.25) is 0 Å². The number of piperidine rings is 1. The molecule has 4 N–H and O–H groups in total. The molecule has 37 heavy (non-hydrogen) atoms. The maximum absolute atomic E-state index is 12.6. The monoisotopic (exact) mass is 511 g/mol. The molecule has 3 heterocycles. The first-order valence-electron chi connectivity index (χ1n) is 13.2. The predicted molar refractivity (Wildman–Crippen MR) is 139 cm³/mol. The summed E-state index contributed by atoms with van der Waals surface area (Å²) in [6, 6.07) is 9.24. The number of carbonyl (C=O) groups excluding carboxylic acids is 1. The lowest BCUT2D eigenvalue weighted by molar-refractivity contribution is -0.0271. The highest BCUT2D eigenvalue weighted by atomic mass is 16.6. The molecule has 200 valence electrons. The Hall–Kier alpha value is -3.01. The van der Waals surface area contributed by atoms with Gasteiger partial charge in [0.1, 0.15) is 12.4 Å². The Morgan fingerprint density at radius 3 is 2.86 bits per heavy atom. The molecule has 2 aliphatic rings. The lowest BCUT2D eigenvalue weighted by Crippen LogP contribution is -2.47. The van der Waals surface area contributed by atoms with Crippen molar-refractivity contribution >= 4 is 17.0 Å². The Labute approximate surface area is 216 Å². The van der Waals surface area contributed by atoms with Gasteiger partial charge in [-0.15, -0.1) is 0 Å². The van der Waals surface area contributed by atoms with Crippen molar-refractivity contribution in [3.05, 3.63) is 48.4 Å². The molecule has 1 aliphatic heterocycles. The fourth-order valence-corrected chi connectivity index (χ4v) is 5.45. The summed E-state index contributed by atoms with van der Waals surface area (Å²) in [6.07, 6.45) is 6.74. The molecule has 1 aromatic carbocycles. The first-order valence-corrected chi connectivity index (χ1v) is 13.2. The van der Waals surface area contributed by atoms with E-state index in [4.69, 9.17) is 13.9 Å². The first kappa shape index (κ1) is 25.6. The normalized spacial score (nSPS) is 26.7. The summed E-state index contributed by atoms with van der Waals surface area (Å²) in [5.74, 6) is 1.31. The number of H-pyrrole nitrogens is 1. The molecule has 9 nitrogen and oxygen atoms in total. The summed E-state index contributed by atoms with van der Waals surface area (Å²) >= 11 is 0. The van der Waals surface area contributed by atoms with E-state index in [-0.39, 0.29) is 18.1 Å². The lowest BCUT2D eigenvalue weighted by atomic mass is 9.80. The number of rotatable bonds is 8. The average molecular weight is 512 g/mol. The van der Waals surface area contributed by atoms with Crippen molar-refractivity contribution in [1.82, 2.24) is 15.2 Å². The number of benzene rings is 1. The van der Waals surface area contributed by atoms with Crippen LogP contribution in [0.25, 0.3) is 10.9 Å². The third-order valence-corrected chi connectivity index (χ3v) is 7.85. The van der Waals surface area contributed by atoms with Gasteiger partial charge in [-0.25, -0.2) is 4.79 Å². The second-order valence-corrected chi connectivity index (χ2v) is 10.7. The maximum Gasteiger partial charge on any atom is 0.414 e. The number of carbonyl (C=O) groups is 1. The van der Waals surface area contributed by atoms with Gasteiger partial charge in [0, 0.05) is 42.7 Å². The standard InChI is InChI=1S/C28H37N3O6/c1-19-16-31(12-7-24(19)32)13-11-28(34)9-5-21(6-10-28)29-27(33)37-26-15-22-23(30-26)3-2-4-25(22)36-18-20-8-14-35-17-20/h2-4,8,14-15,17,19,21,24,30,32,34H,5-7,9-13,16,18H2,1H3,(H,29,33)/t19-,21?,24-,28?/m0/s1. The summed E-state index contributed by atoms with van der Waals surface area (Å²) in [4.78, 5) is 18.1. The number of aliphatic hydroxyl groups excluding tert-OH is 1. The molecule has 1 aliphatic carbocycles. The van der Waals surface area contributed by atoms with Gasteiger partial charge in [-0.1, -0.05) is 13.0 Å². The van der Waals surface area contributed by atoms with Gasteiger partial charge in [0.05, 0.1) is 29.7 Å². The van der Waals surface area contributed by atoms with Gasteiger partial charge in [-0.3, -0.25) is 0 Å². The molecule has 2 fully saturated rings. The highest BCUT2D eigenvalue weighted by Gasteiger charge is 2.35. The molecule has 0 spiro atoms. The van der Waals surface area contributed by atoms with E-state index in [1.165, 1.54) is 0 Å². The molecule has 9 heteroatoms. The van der Waals surface area contributed by atoms with Crippen LogP contribution < -0.4 is 14.8 Å². The highest BCUT2D eigenvalue weighted by molar-refractivity contribution is 5.88.